The summed E-state index contributed by atoms with van der Waals surface area (Å²) < 4.78 is 39.9. The van der Waals surface area contributed by atoms with Gasteiger partial charge in [-0.25, -0.2) is 18.2 Å². The van der Waals surface area contributed by atoms with Crippen molar-refractivity contribution in [3.8, 4) is 0 Å². The monoisotopic (exact) mass is 286 g/mol. The number of hydrogen-bond acceptors (Lipinski definition) is 3. The summed E-state index contributed by atoms with van der Waals surface area (Å²) in [5.41, 5.74) is 6.35. The number of thiazole rings is 1. The van der Waals surface area contributed by atoms with Gasteiger partial charge in [-0.1, -0.05) is 13.8 Å². The van der Waals surface area contributed by atoms with Gasteiger partial charge in [0.25, 0.3) is 0 Å². The highest BCUT2D eigenvalue weighted by Gasteiger charge is 2.17. The van der Waals surface area contributed by atoms with Crippen LogP contribution in [0.4, 0.5) is 18.3 Å². The SMILES string of the molecule is CC(C)c1nc(N)sc1Cc1cc(F)cc(F)c1F. The second-order valence-corrected chi connectivity index (χ2v) is 5.67. The number of aromatic nitrogens is 1. The molecule has 0 unspecified atom stereocenters. The first kappa shape index (κ1) is 13.9. The Morgan fingerprint density at radius 1 is 1.26 bits per heavy atom. The summed E-state index contributed by atoms with van der Waals surface area (Å²) in [5, 5.41) is 0.371. The maximum Gasteiger partial charge on any atom is 0.180 e. The van der Waals surface area contributed by atoms with Crippen LogP contribution >= 0.6 is 11.3 Å². The number of nitrogens with zero attached hydrogens (tertiary/aromatic N) is 1. The molecule has 0 aliphatic heterocycles. The van der Waals surface area contributed by atoms with Crippen LogP contribution in [0.2, 0.25) is 0 Å². The van der Waals surface area contributed by atoms with Crippen molar-refractivity contribution in [3.63, 3.8) is 0 Å². The van der Waals surface area contributed by atoms with Gasteiger partial charge >= 0.3 is 0 Å². The molecule has 2 rings (SSSR count). The third-order valence-corrected chi connectivity index (χ3v) is 3.61. The second-order valence-electron chi connectivity index (χ2n) is 4.55. The van der Waals surface area contributed by atoms with Gasteiger partial charge in [0.05, 0.1) is 5.69 Å². The molecule has 102 valence electrons. The molecular formula is C13H13F3N2S. The van der Waals surface area contributed by atoms with Crippen molar-refractivity contribution < 1.29 is 13.2 Å². The molecule has 1 aromatic carbocycles. The molecule has 0 fully saturated rings. The van der Waals surface area contributed by atoms with Crippen LogP contribution in [0.3, 0.4) is 0 Å². The topological polar surface area (TPSA) is 38.9 Å². The van der Waals surface area contributed by atoms with E-state index in [9.17, 15) is 13.2 Å². The van der Waals surface area contributed by atoms with Crippen molar-refractivity contribution in [2.75, 3.05) is 5.73 Å². The maximum atomic E-state index is 13.6. The van der Waals surface area contributed by atoms with Crippen LogP contribution in [0.1, 0.15) is 35.9 Å². The van der Waals surface area contributed by atoms with E-state index in [4.69, 9.17) is 5.73 Å². The van der Waals surface area contributed by atoms with Crippen LogP contribution in [0, 0.1) is 17.5 Å². The van der Waals surface area contributed by atoms with E-state index < -0.39 is 17.5 Å². The molecule has 0 aliphatic rings. The van der Waals surface area contributed by atoms with E-state index in [0.717, 1.165) is 16.6 Å². The quantitative estimate of drug-likeness (QED) is 0.870. The Morgan fingerprint density at radius 2 is 1.95 bits per heavy atom. The number of halogens is 3. The first-order valence-electron chi connectivity index (χ1n) is 5.77. The number of anilines is 1. The summed E-state index contributed by atoms with van der Waals surface area (Å²) in [5.74, 6) is -2.89. The first-order chi connectivity index (χ1) is 8.88. The average molecular weight is 286 g/mol. The lowest BCUT2D eigenvalue weighted by Gasteiger charge is -2.07. The van der Waals surface area contributed by atoms with Gasteiger partial charge in [-0.3, -0.25) is 0 Å². The predicted molar refractivity (Wildman–Crippen MR) is 69.7 cm³/mol. The minimum Gasteiger partial charge on any atom is -0.375 e. The highest BCUT2D eigenvalue weighted by molar-refractivity contribution is 7.15. The van der Waals surface area contributed by atoms with E-state index in [-0.39, 0.29) is 17.9 Å². The summed E-state index contributed by atoms with van der Waals surface area (Å²) in [6, 6.07) is 1.53. The lowest BCUT2D eigenvalue weighted by atomic mass is 10.0. The molecule has 0 spiro atoms. The van der Waals surface area contributed by atoms with Gasteiger partial charge in [0.1, 0.15) is 5.82 Å². The van der Waals surface area contributed by atoms with Crippen molar-refractivity contribution in [2.45, 2.75) is 26.2 Å². The fourth-order valence-corrected chi connectivity index (χ4v) is 2.88. The summed E-state index contributed by atoms with van der Waals surface area (Å²) in [6.45, 7) is 3.86. The predicted octanol–water partition coefficient (Wildman–Crippen LogP) is 3.86. The number of nitrogens with two attached hydrogens (primary N) is 1. The third kappa shape index (κ3) is 2.89. The molecule has 1 heterocycles. The molecule has 0 atom stereocenters. The molecular weight excluding hydrogens is 273 g/mol. The van der Waals surface area contributed by atoms with Gasteiger partial charge in [0.2, 0.25) is 0 Å². The highest BCUT2D eigenvalue weighted by Crippen LogP contribution is 2.30. The van der Waals surface area contributed by atoms with Crippen molar-refractivity contribution in [2.24, 2.45) is 0 Å². The minimum atomic E-state index is -1.18. The Hall–Kier alpha value is -1.56. The number of rotatable bonds is 3. The largest absolute Gasteiger partial charge is 0.375 e. The van der Waals surface area contributed by atoms with Crippen LogP contribution in [-0.4, -0.2) is 4.98 Å². The molecule has 0 saturated heterocycles. The van der Waals surface area contributed by atoms with E-state index >= 15 is 0 Å². The number of benzene rings is 1. The van der Waals surface area contributed by atoms with E-state index in [0.29, 0.717) is 11.2 Å². The average Bonchev–Trinajstić information content (AvgIpc) is 2.66. The zero-order valence-corrected chi connectivity index (χ0v) is 11.3. The van der Waals surface area contributed by atoms with Gasteiger partial charge in [-0.05, 0) is 17.5 Å². The van der Waals surface area contributed by atoms with Crippen molar-refractivity contribution in [3.05, 3.63) is 45.7 Å². The van der Waals surface area contributed by atoms with Gasteiger partial charge in [-0.15, -0.1) is 11.3 Å². The fourth-order valence-electron chi connectivity index (χ4n) is 1.87. The highest BCUT2D eigenvalue weighted by atomic mass is 32.1. The summed E-state index contributed by atoms with van der Waals surface area (Å²) in [4.78, 5) is 4.90. The normalized spacial score (nSPS) is 11.3. The van der Waals surface area contributed by atoms with E-state index in [1.807, 2.05) is 13.8 Å². The molecule has 1 aromatic heterocycles. The third-order valence-electron chi connectivity index (χ3n) is 2.71. The smallest absolute Gasteiger partial charge is 0.180 e. The molecule has 2 nitrogen and oxygen atoms in total. The Kier molecular flexibility index (Phi) is 3.80. The van der Waals surface area contributed by atoms with Crippen molar-refractivity contribution >= 4 is 16.5 Å². The Morgan fingerprint density at radius 3 is 2.58 bits per heavy atom. The van der Waals surface area contributed by atoms with E-state index in [1.54, 1.807) is 0 Å². The summed E-state index contributed by atoms with van der Waals surface area (Å²) in [7, 11) is 0. The molecule has 0 aliphatic carbocycles. The molecule has 0 amide bonds. The van der Waals surface area contributed by atoms with Gasteiger partial charge in [0, 0.05) is 17.4 Å². The molecule has 0 bridgehead atoms. The van der Waals surface area contributed by atoms with E-state index in [1.165, 1.54) is 11.3 Å². The maximum absolute atomic E-state index is 13.6. The first-order valence-corrected chi connectivity index (χ1v) is 6.58. The van der Waals surface area contributed by atoms with Crippen LogP contribution in [-0.2, 0) is 6.42 Å². The Bertz CT molecular complexity index is 608. The Labute approximate surface area is 113 Å². The lowest BCUT2D eigenvalue weighted by molar-refractivity contribution is 0.487. The zero-order valence-electron chi connectivity index (χ0n) is 10.5. The number of hydrogen-bond donors (Lipinski definition) is 1. The van der Waals surface area contributed by atoms with Gasteiger partial charge < -0.3 is 5.73 Å². The fraction of sp³-hybridized carbons (Fsp3) is 0.308. The van der Waals surface area contributed by atoms with Gasteiger partial charge in [-0.2, -0.15) is 0 Å². The minimum absolute atomic E-state index is 0.0250. The zero-order chi connectivity index (χ0) is 14.2. The molecule has 6 heteroatoms. The van der Waals surface area contributed by atoms with Crippen LogP contribution in [0.15, 0.2) is 12.1 Å². The summed E-state index contributed by atoms with van der Waals surface area (Å²) >= 11 is 1.21. The molecule has 0 radical (unpaired) electrons. The lowest BCUT2D eigenvalue weighted by Crippen LogP contribution is -2.00. The van der Waals surface area contributed by atoms with Crippen molar-refractivity contribution in [1.29, 1.82) is 0 Å². The van der Waals surface area contributed by atoms with Crippen molar-refractivity contribution in [1.82, 2.24) is 4.98 Å². The standard InChI is InChI=1S/C13H13F3N2S/c1-6(2)12-10(19-13(17)18-12)4-7-3-8(14)5-9(15)11(7)16/h3,5-6H,4H2,1-2H3,(H2,17,18). The second kappa shape index (κ2) is 5.21. The molecule has 19 heavy (non-hydrogen) atoms. The molecule has 2 aromatic rings. The summed E-state index contributed by atoms with van der Waals surface area (Å²) in [6.07, 6.45) is 0.0862. The van der Waals surface area contributed by atoms with Crippen LogP contribution in [0.25, 0.3) is 0 Å². The molecule has 2 N–H and O–H groups in total. The molecule has 0 saturated carbocycles. The number of nitrogen functional groups attached to an aromatic ring is 1. The van der Waals surface area contributed by atoms with Crippen LogP contribution < -0.4 is 5.73 Å². The van der Waals surface area contributed by atoms with E-state index in [2.05, 4.69) is 4.98 Å². The van der Waals surface area contributed by atoms with Gasteiger partial charge in [0.15, 0.2) is 16.8 Å². The Balaban J connectivity index is 2.41. The van der Waals surface area contributed by atoms with Crippen LogP contribution in [0.5, 0.6) is 0 Å².